The van der Waals surface area contributed by atoms with E-state index in [4.69, 9.17) is 28.7 Å². The summed E-state index contributed by atoms with van der Waals surface area (Å²) in [6.45, 7) is 6.65. The van der Waals surface area contributed by atoms with Crippen molar-refractivity contribution in [1.29, 1.82) is 0 Å². The van der Waals surface area contributed by atoms with Gasteiger partial charge in [0.2, 0.25) is 0 Å². The van der Waals surface area contributed by atoms with E-state index in [1.54, 1.807) is 30.7 Å². The Labute approximate surface area is 253 Å². The summed E-state index contributed by atoms with van der Waals surface area (Å²) in [5.74, 6) is 1.01. The van der Waals surface area contributed by atoms with Crippen LogP contribution in [0.25, 0.3) is 16.8 Å². The summed E-state index contributed by atoms with van der Waals surface area (Å²) in [5, 5.41) is 1.98. The van der Waals surface area contributed by atoms with Gasteiger partial charge < -0.3 is 23.7 Å². The van der Waals surface area contributed by atoms with E-state index in [0.29, 0.717) is 51.1 Å². The summed E-state index contributed by atoms with van der Waals surface area (Å²) >= 11 is 1.25. The average molecular weight is 603 g/mol. The van der Waals surface area contributed by atoms with Crippen LogP contribution in [-0.4, -0.2) is 51.2 Å². The van der Waals surface area contributed by atoms with Crippen molar-refractivity contribution in [2.45, 2.75) is 26.8 Å². The molecule has 0 amide bonds. The van der Waals surface area contributed by atoms with E-state index in [9.17, 15) is 9.59 Å². The highest BCUT2D eigenvalue weighted by Crippen LogP contribution is 2.41. The van der Waals surface area contributed by atoms with Gasteiger partial charge in [0, 0.05) is 18.2 Å². The molecule has 0 bridgehead atoms. The number of benzene rings is 3. The third-order valence-electron chi connectivity index (χ3n) is 7.08. The van der Waals surface area contributed by atoms with Gasteiger partial charge in [0.25, 0.3) is 5.56 Å². The third kappa shape index (κ3) is 5.80. The van der Waals surface area contributed by atoms with Crippen molar-refractivity contribution in [1.82, 2.24) is 4.57 Å². The molecule has 0 aliphatic carbocycles. The summed E-state index contributed by atoms with van der Waals surface area (Å²) in [6, 6.07) is 16.4. The van der Waals surface area contributed by atoms with Crippen LogP contribution in [0.1, 0.15) is 37.9 Å². The number of para-hydroxylation sites is 1. The summed E-state index contributed by atoms with van der Waals surface area (Å²) < 4.78 is 30.2. The normalized spacial score (nSPS) is 14.8. The number of aromatic nitrogens is 1. The number of carbonyl (C=O) groups is 1. The van der Waals surface area contributed by atoms with Crippen molar-refractivity contribution in [3.05, 3.63) is 96.7 Å². The Hall–Kier alpha value is -4.41. The Bertz CT molecular complexity index is 1870. The van der Waals surface area contributed by atoms with Crippen LogP contribution in [0.4, 0.5) is 0 Å². The number of thiazole rings is 1. The van der Waals surface area contributed by atoms with Crippen molar-refractivity contribution in [2.75, 3.05) is 40.6 Å². The Morgan fingerprint density at radius 2 is 1.77 bits per heavy atom. The van der Waals surface area contributed by atoms with E-state index >= 15 is 0 Å². The lowest BCUT2D eigenvalue weighted by Gasteiger charge is -2.27. The van der Waals surface area contributed by atoms with Gasteiger partial charge in [0.15, 0.2) is 16.3 Å². The fourth-order valence-electron chi connectivity index (χ4n) is 5.22. The summed E-state index contributed by atoms with van der Waals surface area (Å²) in [5.41, 5.74) is 1.77. The number of esters is 1. The molecule has 5 rings (SSSR count). The van der Waals surface area contributed by atoms with E-state index in [1.165, 1.54) is 18.4 Å². The maximum atomic E-state index is 14.3. The average Bonchev–Trinajstić information content (AvgIpc) is 3.31. The molecular formula is C33H34N2O7S. The molecule has 0 saturated heterocycles. The molecule has 0 fully saturated rings. The molecule has 0 unspecified atom stereocenters. The fourth-order valence-corrected chi connectivity index (χ4v) is 6.25. The van der Waals surface area contributed by atoms with Gasteiger partial charge in [-0.15, -0.1) is 0 Å². The molecule has 0 spiro atoms. The highest BCUT2D eigenvalue weighted by Gasteiger charge is 2.36. The number of hydrogen-bond acceptors (Lipinski definition) is 9. The SMILES string of the molecule is CCOc1ccc2ccccc2c1/C=c1/sc2n(c1=O)[C@@H](c1cccc(OC)c1OCC)C(C(=O)OCCOC)=C(C)N=2. The molecule has 0 N–H and O–H groups in total. The van der Waals surface area contributed by atoms with Gasteiger partial charge in [-0.05, 0) is 49.8 Å². The number of fused-ring (bicyclic) bond motifs is 2. The second-order valence-corrected chi connectivity index (χ2v) is 10.7. The standard InChI is InChI=1S/C33H34N2O7S/c1-6-40-25-16-15-21-11-8-9-12-22(21)24(25)19-27-31(36)35-29(23-13-10-14-26(39-5)30(23)41-7-2)28(20(3)34-33(35)43-27)32(37)42-18-17-38-4/h8-16,19,29H,6-7,17-18H2,1-5H3/b27-19+/t29-/m0/s1. The molecule has 1 aliphatic rings. The van der Waals surface area contributed by atoms with Crippen molar-refractivity contribution in [3.8, 4) is 17.2 Å². The van der Waals surface area contributed by atoms with E-state index in [-0.39, 0.29) is 24.3 Å². The topological polar surface area (TPSA) is 97.6 Å². The van der Waals surface area contributed by atoms with Crippen LogP contribution in [0.5, 0.6) is 17.2 Å². The molecule has 1 atom stereocenters. The van der Waals surface area contributed by atoms with Gasteiger partial charge in [-0.25, -0.2) is 9.79 Å². The van der Waals surface area contributed by atoms with Gasteiger partial charge >= 0.3 is 5.97 Å². The largest absolute Gasteiger partial charge is 0.493 e. The zero-order chi connectivity index (χ0) is 30.5. The van der Waals surface area contributed by atoms with Gasteiger partial charge in [-0.1, -0.05) is 53.8 Å². The molecule has 4 aromatic rings. The zero-order valence-corrected chi connectivity index (χ0v) is 25.7. The molecule has 2 heterocycles. The highest BCUT2D eigenvalue weighted by molar-refractivity contribution is 7.07. The lowest BCUT2D eigenvalue weighted by atomic mass is 9.94. The van der Waals surface area contributed by atoms with Gasteiger partial charge in [0.05, 0.1) is 42.7 Å². The summed E-state index contributed by atoms with van der Waals surface area (Å²) in [4.78, 5) is 33.1. The minimum absolute atomic E-state index is 0.0565. The molecular weight excluding hydrogens is 568 g/mol. The number of ether oxygens (including phenoxy) is 5. The number of methoxy groups -OCH3 is 2. The molecule has 10 heteroatoms. The smallest absolute Gasteiger partial charge is 0.338 e. The second-order valence-electron chi connectivity index (χ2n) is 9.65. The lowest BCUT2D eigenvalue weighted by Crippen LogP contribution is -2.40. The fraction of sp³-hybridized carbons (Fsp3) is 0.303. The maximum Gasteiger partial charge on any atom is 0.338 e. The summed E-state index contributed by atoms with van der Waals surface area (Å²) in [6.07, 6.45) is 1.85. The minimum Gasteiger partial charge on any atom is -0.493 e. The number of nitrogens with zero attached hydrogens (tertiary/aromatic N) is 2. The zero-order valence-electron chi connectivity index (χ0n) is 24.8. The molecule has 3 aromatic carbocycles. The van der Waals surface area contributed by atoms with Crippen LogP contribution in [-0.2, 0) is 14.3 Å². The van der Waals surface area contributed by atoms with Gasteiger partial charge in [-0.3, -0.25) is 9.36 Å². The molecule has 9 nitrogen and oxygen atoms in total. The lowest BCUT2D eigenvalue weighted by molar-refractivity contribution is -0.140. The molecule has 43 heavy (non-hydrogen) atoms. The Morgan fingerprint density at radius 3 is 2.51 bits per heavy atom. The highest BCUT2D eigenvalue weighted by atomic mass is 32.1. The Balaban J connectivity index is 1.78. The molecule has 1 aliphatic heterocycles. The van der Waals surface area contributed by atoms with Crippen LogP contribution < -0.4 is 29.1 Å². The molecule has 0 saturated carbocycles. The first kappa shape index (κ1) is 30.1. The number of rotatable bonds is 11. The molecule has 0 radical (unpaired) electrons. The Morgan fingerprint density at radius 1 is 0.977 bits per heavy atom. The van der Waals surface area contributed by atoms with Crippen molar-refractivity contribution >= 4 is 34.2 Å². The van der Waals surface area contributed by atoms with Gasteiger partial charge in [-0.2, -0.15) is 0 Å². The van der Waals surface area contributed by atoms with Crippen LogP contribution in [0.2, 0.25) is 0 Å². The van der Waals surface area contributed by atoms with Crippen LogP contribution in [0, 0.1) is 0 Å². The van der Waals surface area contributed by atoms with E-state index < -0.39 is 12.0 Å². The van der Waals surface area contributed by atoms with Crippen LogP contribution >= 0.6 is 11.3 Å². The second kappa shape index (κ2) is 13.3. The monoisotopic (exact) mass is 602 g/mol. The Kier molecular flexibility index (Phi) is 9.27. The van der Waals surface area contributed by atoms with Crippen LogP contribution in [0.3, 0.4) is 0 Å². The first-order chi connectivity index (χ1) is 20.9. The van der Waals surface area contributed by atoms with E-state index in [0.717, 1.165) is 16.3 Å². The summed E-state index contributed by atoms with van der Waals surface area (Å²) in [7, 11) is 3.08. The van der Waals surface area contributed by atoms with Gasteiger partial charge in [0.1, 0.15) is 18.4 Å². The number of hydrogen-bond donors (Lipinski definition) is 0. The molecule has 224 valence electrons. The minimum atomic E-state index is -0.871. The van der Waals surface area contributed by atoms with Crippen molar-refractivity contribution in [3.63, 3.8) is 0 Å². The maximum absolute atomic E-state index is 14.3. The first-order valence-corrected chi connectivity index (χ1v) is 14.9. The predicted molar refractivity (Wildman–Crippen MR) is 166 cm³/mol. The first-order valence-electron chi connectivity index (χ1n) is 14.1. The third-order valence-corrected chi connectivity index (χ3v) is 8.06. The van der Waals surface area contributed by atoms with E-state index in [1.807, 2.05) is 62.4 Å². The van der Waals surface area contributed by atoms with Crippen LogP contribution in [0.15, 0.2) is 75.7 Å². The number of allylic oxidation sites excluding steroid dienone is 1. The molecule has 1 aromatic heterocycles. The van der Waals surface area contributed by atoms with Crippen molar-refractivity contribution < 1.29 is 28.5 Å². The number of carbonyl (C=O) groups excluding carboxylic acids is 1. The van der Waals surface area contributed by atoms with E-state index in [2.05, 4.69) is 0 Å². The quantitative estimate of drug-likeness (QED) is 0.186. The predicted octanol–water partition coefficient (Wildman–Crippen LogP) is 4.38. The van der Waals surface area contributed by atoms with Crippen molar-refractivity contribution in [2.24, 2.45) is 4.99 Å².